The second kappa shape index (κ2) is 10.4. The van der Waals surface area contributed by atoms with Crippen molar-refractivity contribution < 1.29 is 24.3 Å². The first-order valence-corrected chi connectivity index (χ1v) is 9.85. The molecule has 0 aromatic heterocycles. The summed E-state index contributed by atoms with van der Waals surface area (Å²) in [4.78, 5) is 50.5. The average molecular weight is 399 g/mol. The molecule has 1 aliphatic heterocycles. The molecule has 1 heterocycles. The fourth-order valence-electron chi connectivity index (χ4n) is 3.26. The van der Waals surface area contributed by atoms with Gasteiger partial charge in [-0.2, -0.15) is 0 Å². The predicted molar refractivity (Wildman–Crippen MR) is 104 cm³/mol. The highest BCUT2D eigenvalue weighted by molar-refractivity contribution is 5.94. The van der Waals surface area contributed by atoms with Gasteiger partial charge in [-0.05, 0) is 38.0 Å². The lowest BCUT2D eigenvalue weighted by molar-refractivity contribution is -0.149. The largest absolute Gasteiger partial charge is 0.480 e. The van der Waals surface area contributed by atoms with Crippen LogP contribution in [-0.4, -0.2) is 64.4 Å². The number of carboxylic acids is 1. The van der Waals surface area contributed by atoms with Gasteiger partial charge in [0.2, 0.25) is 17.7 Å². The van der Waals surface area contributed by atoms with Gasteiger partial charge in [0, 0.05) is 6.54 Å². The first kappa shape index (κ1) is 23.9. The maximum absolute atomic E-state index is 13.0. The van der Waals surface area contributed by atoms with E-state index in [4.69, 9.17) is 5.73 Å². The smallest absolute Gasteiger partial charge is 0.326 e. The third-order valence-electron chi connectivity index (χ3n) is 4.80. The number of rotatable bonds is 9. The molecule has 9 nitrogen and oxygen atoms in total. The highest BCUT2D eigenvalue weighted by Crippen LogP contribution is 2.20. The van der Waals surface area contributed by atoms with Gasteiger partial charge in [0.25, 0.3) is 0 Å². The quantitative estimate of drug-likeness (QED) is 0.433. The molecule has 0 unspecified atom stereocenters. The second-order valence-electron chi connectivity index (χ2n) is 8.24. The molecule has 0 aliphatic carbocycles. The Hall–Kier alpha value is -2.16. The summed E-state index contributed by atoms with van der Waals surface area (Å²) >= 11 is 0. The van der Waals surface area contributed by atoms with Crippen molar-refractivity contribution in [3.63, 3.8) is 0 Å². The monoisotopic (exact) mass is 398 g/mol. The number of nitrogens with two attached hydrogens (primary N) is 1. The molecule has 28 heavy (non-hydrogen) atoms. The van der Waals surface area contributed by atoms with Crippen LogP contribution in [0.15, 0.2) is 0 Å². The van der Waals surface area contributed by atoms with Crippen LogP contribution in [0.2, 0.25) is 0 Å². The summed E-state index contributed by atoms with van der Waals surface area (Å²) in [5, 5.41) is 14.7. The van der Waals surface area contributed by atoms with Crippen molar-refractivity contribution in [2.75, 3.05) is 6.54 Å². The van der Waals surface area contributed by atoms with E-state index in [2.05, 4.69) is 10.6 Å². The summed E-state index contributed by atoms with van der Waals surface area (Å²) < 4.78 is 0. The van der Waals surface area contributed by atoms with Crippen molar-refractivity contribution in [3.8, 4) is 0 Å². The molecule has 0 spiro atoms. The molecule has 0 bridgehead atoms. The van der Waals surface area contributed by atoms with E-state index >= 15 is 0 Å². The minimum absolute atomic E-state index is 0.108. The number of nitrogens with zero attached hydrogens (tertiary/aromatic N) is 1. The summed E-state index contributed by atoms with van der Waals surface area (Å²) in [6, 6.07) is -3.31. The van der Waals surface area contributed by atoms with Crippen molar-refractivity contribution in [2.45, 2.75) is 78.0 Å². The summed E-state index contributed by atoms with van der Waals surface area (Å²) in [5.74, 6) is -2.47. The van der Waals surface area contributed by atoms with Crippen LogP contribution in [-0.2, 0) is 19.2 Å². The number of carboxylic acid groups (broad SMARTS) is 1. The molecule has 0 radical (unpaired) electrons. The average Bonchev–Trinajstić information content (AvgIpc) is 3.07. The Morgan fingerprint density at radius 1 is 1.07 bits per heavy atom. The van der Waals surface area contributed by atoms with Gasteiger partial charge in [0.1, 0.15) is 18.1 Å². The molecule has 1 fully saturated rings. The van der Waals surface area contributed by atoms with Crippen molar-refractivity contribution >= 4 is 23.7 Å². The van der Waals surface area contributed by atoms with Gasteiger partial charge < -0.3 is 26.4 Å². The number of aliphatic carboxylic acids is 1. The van der Waals surface area contributed by atoms with E-state index < -0.39 is 47.9 Å². The van der Waals surface area contributed by atoms with Gasteiger partial charge in [0.15, 0.2) is 0 Å². The van der Waals surface area contributed by atoms with Crippen LogP contribution < -0.4 is 16.4 Å². The van der Waals surface area contributed by atoms with Gasteiger partial charge in [-0.25, -0.2) is 4.79 Å². The van der Waals surface area contributed by atoms with Crippen molar-refractivity contribution in [1.82, 2.24) is 15.5 Å². The van der Waals surface area contributed by atoms with Crippen LogP contribution in [0.25, 0.3) is 0 Å². The molecule has 0 aromatic rings. The Morgan fingerprint density at radius 2 is 1.68 bits per heavy atom. The van der Waals surface area contributed by atoms with Crippen LogP contribution in [0.3, 0.4) is 0 Å². The van der Waals surface area contributed by atoms with Crippen LogP contribution in [0, 0.1) is 11.8 Å². The van der Waals surface area contributed by atoms with Crippen LogP contribution in [0.4, 0.5) is 0 Å². The molecule has 4 atom stereocenters. The summed E-state index contributed by atoms with van der Waals surface area (Å²) in [7, 11) is 0. The fourth-order valence-corrected chi connectivity index (χ4v) is 3.26. The van der Waals surface area contributed by atoms with E-state index in [1.165, 1.54) is 11.8 Å². The minimum Gasteiger partial charge on any atom is -0.480 e. The fraction of sp³-hybridized carbons (Fsp3) is 0.789. The van der Waals surface area contributed by atoms with E-state index in [1.54, 1.807) is 13.8 Å². The Balaban J connectivity index is 2.97. The molecule has 0 saturated carbocycles. The van der Waals surface area contributed by atoms with Crippen molar-refractivity contribution in [1.29, 1.82) is 0 Å². The van der Waals surface area contributed by atoms with Crippen molar-refractivity contribution in [2.24, 2.45) is 17.6 Å². The number of nitrogens with one attached hydrogen (secondary N) is 2. The van der Waals surface area contributed by atoms with E-state index in [0.717, 1.165) is 0 Å². The number of likely N-dealkylation sites (tertiary alicyclic amines) is 1. The second-order valence-corrected chi connectivity index (χ2v) is 8.24. The third kappa shape index (κ3) is 6.47. The number of hydrogen-bond donors (Lipinski definition) is 4. The highest BCUT2D eigenvalue weighted by atomic mass is 16.4. The molecule has 160 valence electrons. The van der Waals surface area contributed by atoms with E-state index in [1.807, 2.05) is 13.8 Å². The van der Waals surface area contributed by atoms with Gasteiger partial charge in [0.05, 0.1) is 6.04 Å². The maximum atomic E-state index is 13.0. The summed E-state index contributed by atoms with van der Waals surface area (Å²) in [5.41, 5.74) is 5.57. The topological polar surface area (TPSA) is 142 Å². The number of carbonyl (C=O) groups is 4. The number of carbonyl (C=O) groups excluding carboxylic acids is 3. The maximum Gasteiger partial charge on any atom is 0.326 e. The summed E-state index contributed by atoms with van der Waals surface area (Å²) in [6.45, 7) is 9.29. The lowest BCUT2D eigenvalue weighted by Crippen LogP contribution is -2.58. The Labute approximate surface area is 166 Å². The molecule has 1 saturated heterocycles. The van der Waals surface area contributed by atoms with E-state index in [0.29, 0.717) is 25.8 Å². The molecular weight excluding hydrogens is 364 g/mol. The standard InChI is InChI=1S/C19H34N4O5/c1-10(2)9-13(18(26)23-8-6-7-14(23)19(27)28)21-17(25)15(11(3)4)22-16(24)12(5)20/h10-15H,6-9,20H2,1-5H3,(H,21,25)(H,22,24)(H,27,28)/t12-,13-,14-,15-/m0/s1. The van der Waals surface area contributed by atoms with Crippen molar-refractivity contribution in [3.05, 3.63) is 0 Å². The molecule has 9 heteroatoms. The van der Waals surface area contributed by atoms with Gasteiger partial charge in [-0.1, -0.05) is 27.7 Å². The Morgan fingerprint density at radius 3 is 2.14 bits per heavy atom. The Kier molecular flexibility index (Phi) is 8.87. The van der Waals surface area contributed by atoms with Gasteiger partial charge in [-0.3, -0.25) is 14.4 Å². The van der Waals surface area contributed by atoms with Gasteiger partial charge in [-0.15, -0.1) is 0 Å². The SMILES string of the molecule is CC(C)C[C@H](NC(=O)[C@@H](NC(=O)[C@H](C)N)C(C)C)C(=O)N1CCC[C@H]1C(=O)O. The highest BCUT2D eigenvalue weighted by Gasteiger charge is 2.38. The molecule has 1 rings (SSSR count). The first-order valence-electron chi connectivity index (χ1n) is 9.85. The van der Waals surface area contributed by atoms with E-state index in [-0.39, 0.29) is 11.8 Å². The van der Waals surface area contributed by atoms with Crippen LogP contribution in [0.1, 0.15) is 53.9 Å². The predicted octanol–water partition coefficient (Wildman–Crippen LogP) is 0.0809. The Bertz CT molecular complexity index is 591. The first-order chi connectivity index (χ1) is 13.0. The lowest BCUT2D eigenvalue weighted by atomic mass is 9.99. The number of hydrogen-bond acceptors (Lipinski definition) is 5. The van der Waals surface area contributed by atoms with E-state index in [9.17, 15) is 24.3 Å². The normalized spacial score (nSPS) is 20.0. The molecule has 1 aliphatic rings. The third-order valence-corrected chi connectivity index (χ3v) is 4.80. The molecular formula is C19H34N4O5. The molecule has 3 amide bonds. The van der Waals surface area contributed by atoms with Crippen LogP contribution >= 0.6 is 0 Å². The van der Waals surface area contributed by atoms with Gasteiger partial charge >= 0.3 is 5.97 Å². The zero-order valence-electron chi connectivity index (χ0n) is 17.4. The lowest BCUT2D eigenvalue weighted by Gasteiger charge is -2.30. The molecule has 0 aromatic carbocycles. The summed E-state index contributed by atoms with van der Waals surface area (Å²) in [6.07, 6.45) is 1.39. The minimum atomic E-state index is -1.04. The zero-order valence-corrected chi connectivity index (χ0v) is 17.4. The molecule has 5 N–H and O–H groups in total. The number of amides is 3. The van der Waals surface area contributed by atoms with Crippen LogP contribution in [0.5, 0.6) is 0 Å². The zero-order chi connectivity index (χ0) is 21.6.